The minimum Gasteiger partial charge on any atom is -0.378 e. The maximum atomic E-state index is 12.8. The first kappa shape index (κ1) is 18.8. The predicted molar refractivity (Wildman–Crippen MR) is 109 cm³/mol. The molecule has 3 atom stereocenters. The summed E-state index contributed by atoms with van der Waals surface area (Å²) in [6, 6.07) is 8.16. The molecule has 4 rings (SSSR count). The highest BCUT2D eigenvalue weighted by molar-refractivity contribution is 5.94. The largest absolute Gasteiger partial charge is 0.378 e. The fourth-order valence-corrected chi connectivity index (χ4v) is 4.97. The molecule has 0 aromatic heterocycles. The van der Waals surface area contributed by atoms with Crippen LogP contribution in [0.1, 0.15) is 39.0 Å². The molecule has 1 aliphatic carbocycles. The molecule has 0 bridgehead atoms. The number of rotatable bonds is 4. The smallest absolute Gasteiger partial charge is 0.241 e. The Bertz CT molecular complexity index is 627. The number of morpholine rings is 1. The molecule has 2 heterocycles. The van der Waals surface area contributed by atoms with Gasteiger partial charge in [0, 0.05) is 31.0 Å². The van der Waals surface area contributed by atoms with E-state index in [1.807, 2.05) is 12.1 Å². The maximum Gasteiger partial charge on any atom is 0.241 e. The van der Waals surface area contributed by atoms with Gasteiger partial charge >= 0.3 is 0 Å². The van der Waals surface area contributed by atoms with Gasteiger partial charge in [-0.1, -0.05) is 19.3 Å². The maximum absolute atomic E-state index is 12.8. The van der Waals surface area contributed by atoms with Crippen molar-refractivity contribution in [2.75, 3.05) is 49.6 Å². The van der Waals surface area contributed by atoms with Crippen molar-refractivity contribution in [2.24, 2.45) is 11.8 Å². The number of amides is 1. The first-order valence-corrected chi connectivity index (χ1v) is 10.7. The third kappa shape index (κ3) is 4.46. The number of fused-ring (bicyclic) bond motifs is 1. The van der Waals surface area contributed by atoms with Gasteiger partial charge in [-0.2, -0.15) is 0 Å². The number of nitrogens with zero attached hydrogens (tertiary/aromatic N) is 2. The Kier molecular flexibility index (Phi) is 5.98. The quantitative estimate of drug-likeness (QED) is 0.881. The molecule has 3 aliphatic rings. The second-order valence-electron chi connectivity index (χ2n) is 8.40. The number of piperidine rings is 1. The van der Waals surface area contributed by atoms with Crippen LogP contribution < -0.4 is 10.2 Å². The van der Waals surface area contributed by atoms with Gasteiger partial charge in [-0.3, -0.25) is 9.69 Å². The monoisotopic (exact) mass is 371 g/mol. The average molecular weight is 372 g/mol. The molecular weight excluding hydrogens is 338 g/mol. The van der Waals surface area contributed by atoms with Gasteiger partial charge in [0.1, 0.15) is 0 Å². The molecule has 1 N–H and O–H groups in total. The Morgan fingerprint density at radius 1 is 1.04 bits per heavy atom. The molecule has 1 aromatic rings. The van der Waals surface area contributed by atoms with Crippen LogP contribution in [0.5, 0.6) is 0 Å². The van der Waals surface area contributed by atoms with E-state index in [9.17, 15) is 4.79 Å². The highest BCUT2D eigenvalue weighted by Crippen LogP contribution is 2.36. The summed E-state index contributed by atoms with van der Waals surface area (Å²) in [6.07, 6.45) is 6.77. The summed E-state index contributed by atoms with van der Waals surface area (Å²) < 4.78 is 5.41. The van der Waals surface area contributed by atoms with E-state index in [0.29, 0.717) is 0 Å². The van der Waals surface area contributed by atoms with Crippen molar-refractivity contribution in [1.29, 1.82) is 0 Å². The standard InChI is InChI=1S/C22H33N3O2/c1-17(25-11-10-18-4-2-3-5-19(18)16-25)22(26)23-20-6-8-21(9-7-20)24-12-14-27-15-13-24/h6-9,17-19H,2-5,10-16H2,1H3,(H,23,26)/t17-,18-,19+/m0/s1. The van der Waals surface area contributed by atoms with Crippen LogP contribution in [0.4, 0.5) is 11.4 Å². The fourth-order valence-electron chi connectivity index (χ4n) is 4.97. The van der Waals surface area contributed by atoms with Crippen molar-refractivity contribution in [2.45, 2.75) is 45.1 Å². The summed E-state index contributed by atoms with van der Waals surface area (Å²) in [5, 5.41) is 3.12. The van der Waals surface area contributed by atoms with Gasteiger partial charge in [-0.05, 0) is 62.4 Å². The van der Waals surface area contributed by atoms with Crippen LogP contribution in [0.3, 0.4) is 0 Å². The zero-order valence-corrected chi connectivity index (χ0v) is 16.5. The summed E-state index contributed by atoms with van der Waals surface area (Å²) in [7, 11) is 0. The van der Waals surface area contributed by atoms with E-state index in [2.05, 4.69) is 34.2 Å². The van der Waals surface area contributed by atoms with E-state index >= 15 is 0 Å². The lowest BCUT2D eigenvalue weighted by molar-refractivity contribution is -0.122. The van der Waals surface area contributed by atoms with Gasteiger partial charge in [-0.15, -0.1) is 0 Å². The van der Waals surface area contributed by atoms with Gasteiger partial charge in [0.25, 0.3) is 0 Å². The minimum absolute atomic E-state index is 0.0632. The van der Waals surface area contributed by atoms with Gasteiger partial charge in [0.15, 0.2) is 0 Å². The summed E-state index contributed by atoms with van der Waals surface area (Å²) >= 11 is 0. The molecule has 5 nitrogen and oxygen atoms in total. The number of benzene rings is 1. The highest BCUT2D eigenvalue weighted by atomic mass is 16.5. The molecule has 2 aliphatic heterocycles. The number of hydrogen-bond donors (Lipinski definition) is 1. The molecule has 0 unspecified atom stereocenters. The molecular formula is C22H33N3O2. The Balaban J connectivity index is 1.31. The topological polar surface area (TPSA) is 44.8 Å². The van der Waals surface area contributed by atoms with Crippen molar-refractivity contribution >= 4 is 17.3 Å². The normalized spacial score (nSPS) is 27.7. The number of ether oxygens (including phenoxy) is 1. The van der Waals surface area contributed by atoms with Crippen LogP contribution in [0, 0.1) is 11.8 Å². The first-order chi connectivity index (χ1) is 13.2. The molecule has 2 saturated heterocycles. The number of carbonyl (C=O) groups is 1. The van der Waals surface area contributed by atoms with Crippen LogP contribution in [0.2, 0.25) is 0 Å². The molecule has 1 saturated carbocycles. The summed E-state index contributed by atoms with van der Waals surface area (Å²) in [4.78, 5) is 17.5. The molecule has 1 amide bonds. The Hall–Kier alpha value is -1.59. The third-order valence-electron chi connectivity index (χ3n) is 6.76. The molecule has 0 radical (unpaired) electrons. The Labute approximate surface area is 163 Å². The van der Waals surface area contributed by atoms with E-state index in [1.54, 1.807) is 0 Å². The Morgan fingerprint density at radius 2 is 1.74 bits per heavy atom. The first-order valence-electron chi connectivity index (χ1n) is 10.7. The molecule has 1 aromatic carbocycles. The van der Waals surface area contributed by atoms with Crippen LogP contribution >= 0.6 is 0 Å². The van der Waals surface area contributed by atoms with Gasteiger partial charge < -0.3 is 15.0 Å². The van der Waals surface area contributed by atoms with Crippen molar-refractivity contribution in [3.05, 3.63) is 24.3 Å². The van der Waals surface area contributed by atoms with Crippen LogP contribution in [-0.4, -0.2) is 56.2 Å². The predicted octanol–water partition coefficient (Wildman–Crippen LogP) is 3.36. The lowest BCUT2D eigenvalue weighted by Crippen LogP contribution is -2.49. The van der Waals surface area contributed by atoms with Crippen LogP contribution in [0.25, 0.3) is 0 Å². The average Bonchev–Trinajstić information content (AvgIpc) is 2.74. The summed E-state index contributed by atoms with van der Waals surface area (Å²) in [6.45, 7) is 7.64. The minimum atomic E-state index is -0.0632. The van der Waals surface area contributed by atoms with Gasteiger partial charge in [0.05, 0.1) is 19.3 Å². The van der Waals surface area contributed by atoms with Crippen LogP contribution in [0.15, 0.2) is 24.3 Å². The van der Waals surface area contributed by atoms with Crippen molar-refractivity contribution in [3.8, 4) is 0 Å². The fraction of sp³-hybridized carbons (Fsp3) is 0.682. The van der Waals surface area contributed by atoms with Crippen molar-refractivity contribution < 1.29 is 9.53 Å². The summed E-state index contributed by atoms with van der Waals surface area (Å²) in [5.74, 6) is 1.82. The van der Waals surface area contributed by atoms with Gasteiger partial charge in [-0.25, -0.2) is 0 Å². The number of carbonyl (C=O) groups excluding carboxylic acids is 1. The molecule has 148 valence electrons. The van der Waals surface area contributed by atoms with E-state index in [0.717, 1.165) is 56.9 Å². The number of anilines is 2. The van der Waals surface area contributed by atoms with E-state index < -0.39 is 0 Å². The van der Waals surface area contributed by atoms with E-state index in [-0.39, 0.29) is 11.9 Å². The SMILES string of the molecule is C[C@@H](C(=O)Nc1ccc(N2CCOCC2)cc1)N1CC[C@@H]2CCCC[C@@H]2C1. The lowest BCUT2D eigenvalue weighted by atomic mass is 9.75. The van der Waals surface area contributed by atoms with Crippen molar-refractivity contribution in [3.63, 3.8) is 0 Å². The highest BCUT2D eigenvalue weighted by Gasteiger charge is 2.34. The third-order valence-corrected chi connectivity index (χ3v) is 6.76. The number of hydrogen-bond acceptors (Lipinski definition) is 4. The van der Waals surface area contributed by atoms with Crippen molar-refractivity contribution in [1.82, 2.24) is 4.90 Å². The Morgan fingerprint density at radius 3 is 2.48 bits per heavy atom. The summed E-state index contributed by atoms with van der Waals surface area (Å²) in [5.41, 5.74) is 2.08. The second kappa shape index (κ2) is 8.61. The molecule has 0 spiro atoms. The molecule has 5 heteroatoms. The van der Waals surface area contributed by atoms with Gasteiger partial charge in [0.2, 0.25) is 5.91 Å². The zero-order chi connectivity index (χ0) is 18.6. The van der Waals surface area contributed by atoms with E-state index in [1.165, 1.54) is 37.8 Å². The second-order valence-corrected chi connectivity index (χ2v) is 8.40. The number of nitrogens with one attached hydrogen (secondary N) is 1. The van der Waals surface area contributed by atoms with E-state index in [4.69, 9.17) is 4.74 Å². The number of likely N-dealkylation sites (tertiary alicyclic amines) is 1. The van der Waals surface area contributed by atoms with Crippen LogP contribution in [-0.2, 0) is 9.53 Å². The molecule has 3 fully saturated rings. The molecule has 27 heavy (non-hydrogen) atoms. The lowest BCUT2D eigenvalue weighted by Gasteiger charge is -2.43. The zero-order valence-electron chi connectivity index (χ0n) is 16.5.